The zero-order valence-electron chi connectivity index (χ0n) is 7.67. The van der Waals surface area contributed by atoms with Crippen molar-refractivity contribution in [2.24, 2.45) is 5.73 Å². The molecular weight excluding hydrogens is 212 g/mol. The van der Waals surface area contributed by atoms with E-state index in [2.05, 4.69) is 9.92 Å². The van der Waals surface area contributed by atoms with Gasteiger partial charge in [0.2, 0.25) is 0 Å². The van der Waals surface area contributed by atoms with E-state index < -0.39 is 16.4 Å². The van der Waals surface area contributed by atoms with E-state index in [1.807, 2.05) is 6.92 Å². The van der Waals surface area contributed by atoms with Crippen LogP contribution in [-0.4, -0.2) is 44.6 Å². The summed E-state index contributed by atoms with van der Waals surface area (Å²) in [5, 5.41) is 0. The number of rotatable bonds is 4. The first-order valence-electron chi connectivity index (χ1n) is 4.06. The van der Waals surface area contributed by atoms with Crippen LogP contribution in [0.5, 0.6) is 0 Å². The monoisotopic (exact) mass is 224 g/mol. The van der Waals surface area contributed by atoms with Gasteiger partial charge in [0.25, 0.3) is 0 Å². The molecule has 0 radical (unpaired) electrons. The van der Waals surface area contributed by atoms with Crippen LogP contribution in [-0.2, 0) is 19.2 Å². The second-order valence-corrected chi connectivity index (χ2v) is 4.29. The number of nitrogens with two attached hydrogens (primary N) is 1. The van der Waals surface area contributed by atoms with Crippen molar-refractivity contribution in [1.82, 2.24) is 4.31 Å². The fraction of sp³-hybridized carbons (Fsp3) is 0.833. The molecule has 1 aliphatic heterocycles. The van der Waals surface area contributed by atoms with E-state index in [4.69, 9.17) is 4.74 Å². The Kier molecular flexibility index (Phi) is 3.29. The quantitative estimate of drug-likeness (QED) is 0.663. The van der Waals surface area contributed by atoms with E-state index in [0.717, 1.165) is 4.31 Å². The zero-order valence-corrected chi connectivity index (χ0v) is 8.49. The highest BCUT2D eigenvalue weighted by molar-refractivity contribution is 7.84. The summed E-state index contributed by atoms with van der Waals surface area (Å²) in [4.78, 5) is 10.2. The molecule has 1 amide bonds. The Morgan fingerprint density at radius 3 is 2.57 bits per heavy atom. The van der Waals surface area contributed by atoms with E-state index in [1.54, 1.807) is 0 Å². The Balaban J connectivity index is 2.42. The molecule has 1 fully saturated rings. The molecule has 7 nitrogen and oxygen atoms in total. The molecule has 0 aromatic heterocycles. The summed E-state index contributed by atoms with van der Waals surface area (Å²) in [6.45, 7) is 2.74. The summed E-state index contributed by atoms with van der Waals surface area (Å²) >= 11 is 0. The third-order valence-electron chi connectivity index (χ3n) is 1.72. The van der Waals surface area contributed by atoms with Gasteiger partial charge in [0.05, 0.1) is 6.10 Å². The average molecular weight is 224 g/mol. The van der Waals surface area contributed by atoms with Crippen molar-refractivity contribution in [3.8, 4) is 0 Å². The lowest BCUT2D eigenvalue weighted by atomic mass is 10.2. The molecule has 14 heavy (non-hydrogen) atoms. The van der Waals surface area contributed by atoms with Crippen LogP contribution in [0.25, 0.3) is 0 Å². The van der Waals surface area contributed by atoms with Crippen molar-refractivity contribution >= 4 is 16.4 Å². The van der Waals surface area contributed by atoms with Gasteiger partial charge in [0, 0.05) is 19.7 Å². The minimum atomic E-state index is -4.00. The maximum absolute atomic E-state index is 11.1. The fourth-order valence-electron chi connectivity index (χ4n) is 1.08. The molecule has 0 aliphatic carbocycles. The molecule has 0 saturated carbocycles. The number of hydrogen-bond donors (Lipinski definition) is 1. The largest absolute Gasteiger partial charge is 0.421 e. The summed E-state index contributed by atoms with van der Waals surface area (Å²) < 4.78 is 32.3. The van der Waals surface area contributed by atoms with Crippen LogP contribution in [0.15, 0.2) is 0 Å². The Hall–Kier alpha value is -0.860. The number of carbonyl (C=O) groups excluding carboxylic acids is 1. The number of nitrogens with zero attached hydrogens (tertiary/aromatic N) is 1. The van der Waals surface area contributed by atoms with Gasteiger partial charge in [-0.3, -0.25) is 0 Å². The number of amides is 1. The standard InChI is InChI=1S/C6H12N2O5S/c1-2-12-5-3-8(4-5)14(10,11)13-6(7)9/h5H,2-4H2,1H3,(H2,7,9). The molecule has 0 aromatic carbocycles. The van der Waals surface area contributed by atoms with E-state index in [9.17, 15) is 13.2 Å². The van der Waals surface area contributed by atoms with Gasteiger partial charge in [-0.2, -0.15) is 12.7 Å². The van der Waals surface area contributed by atoms with E-state index >= 15 is 0 Å². The second kappa shape index (κ2) is 4.11. The summed E-state index contributed by atoms with van der Waals surface area (Å²) in [6.07, 6.45) is -1.45. The highest BCUT2D eigenvalue weighted by atomic mass is 32.2. The van der Waals surface area contributed by atoms with Crippen LogP contribution in [0.4, 0.5) is 4.79 Å². The maximum Gasteiger partial charge on any atom is 0.421 e. The predicted molar refractivity (Wildman–Crippen MR) is 46.6 cm³/mol. The van der Waals surface area contributed by atoms with Gasteiger partial charge in [-0.1, -0.05) is 0 Å². The first kappa shape index (κ1) is 11.2. The first-order valence-corrected chi connectivity index (χ1v) is 5.43. The topological polar surface area (TPSA) is 98.9 Å². The molecule has 82 valence electrons. The smallest absolute Gasteiger partial charge is 0.376 e. The lowest BCUT2D eigenvalue weighted by molar-refractivity contribution is -0.0169. The molecular formula is C6H12N2O5S. The minimum Gasteiger partial charge on any atom is -0.376 e. The second-order valence-electron chi connectivity index (χ2n) is 2.75. The molecule has 1 saturated heterocycles. The molecule has 1 heterocycles. The number of hydrogen-bond acceptors (Lipinski definition) is 5. The number of carbonyl (C=O) groups is 1. The van der Waals surface area contributed by atoms with Crippen LogP contribution >= 0.6 is 0 Å². The molecule has 0 aromatic rings. The third-order valence-corrected chi connectivity index (χ3v) is 3.03. The van der Waals surface area contributed by atoms with Gasteiger partial charge in [0.15, 0.2) is 0 Å². The number of ether oxygens (including phenoxy) is 1. The SMILES string of the molecule is CCOC1CN(S(=O)(=O)OC(N)=O)C1. The van der Waals surface area contributed by atoms with Gasteiger partial charge in [-0.05, 0) is 6.92 Å². The van der Waals surface area contributed by atoms with Crippen LogP contribution in [0.1, 0.15) is 6.92 Å². The first-order chi connectivity index (χ1) is 6.45. The molecule has 0 spiro atoms. The fourth-order valence-corrected chi connectivity index (χ4v) is 2.09. The van der Waals surface area contributed by atoms with Gasteiger partial charge in [-0.15, -0.1) is 0 Å². The summed E-state index contributed by atoms with van der Waals surface area (Å²) in [5.41, 5.74) is 4.59. The van der Waals surface area contributed by atoms with E-state index in [1.165, 1.54) is 0 Å². The van der Waals surface area contributed by atoms with Crippen molar-refractivity contribution in [2.45, 2.75) is 13.0 Å². The summed E-state index contributed by atoms with van der Waals surface area (Å²) in [5.74, 6) is 0. The predicted octanol–water partition coefficient (Wildman–Crippen LogP) is -0.953. The van der Waals surface area contributed by atoms with Crippen molar-refractivity contribution in [2.75, 3.05) is 19.7 Å². The Labute approximate surface area is 82.0 Å². The Morgan fingerprint density at radius 1 is 1.57 bits per heavy atom. The highest BCUT2D eigenvalue weighted by Crippen LogP contribution is 2.17. The lowest BCUT2D eigenvalue weighted by Crippen LogP contribution is -2.55. The van der Waals surface area contributed by atoms with Crippen LogP contribution < -0.4 is 5.73 Å². The molecule has 0 unspecified atom stereocenters. The normalized spacial score (nSPS) is 18.9. The van der Waals surface area contributed by atoms with Crippen LogP contribution in [0.2, 0.25) is 0 Å². The van der Waals surface area contributed by atoms with Gasteiger partial charge in [-0.25, -0.2) is 4.79 Å². The van der Waals surface area contributed by atoms with Crippen LogP contribution in [0.3, 0.4) is 0 Å². The van der Waals surface area contributed by atoms with Crippen molar-refractivity contribution in [1.29, 1.82) is 0 Å². The molecule has 0 atom stereocenters. The molecule has 8 heteroatoms. The molecule has 2 N–H and O–H groups in total. The minimum absolute atomic E-state index is 0.119. The summed E-state index contributed by atoms with van der Waals surface area (Å²) in [7, 11) is -4.00. The van der Waals surface area contributed by atoms with Crippen molar-refractivity contribution < 1.29 is 22.1 Å². The van der Waals surface area contributed by atoms with Gasteiger partial charge in [0.1, 0.15) is 0 Å². The lowest BCUT2D eigenvalue weighted by Gasteiger charge is -2.35. The Bertz CT molecular complexity index is 308. The van der Waals surface area contributed by atoms with Gasteiger partial charge >= 0.3 is 16.4 Å². The van der Waals surface area contributed by atoms with E-state index in [0.29, 0.717) is 6.61 Å². The Morgan fingerprint density at radius 2 is 2.14 bits per heavy atom. The molecule has 1 aliphatic rings. The average Bonchev–Trinajstić information content (AvgIpc) is 1.92. The summed E-state index contributed by atoms with van der Waals surface area (Å²) in [6, 6.07) is 0. The zero-order chi connectivity index (χ0) is 10.8. The number of primary amides is 1. The van der Waals surface area contributed by atoms with Crippen molar-refractivity contribution in [3.05, 3.63) is 0 Å². The molecule has 0 bridgehead atoms. The maximum atomic E-state index is 11.1. The third kappa shape index (κ3) is 2.56. The van der Waals surface area contributed by atoms with Crippen LogP contribution in [0, 0.1) is 0 Å². The van der Waals surface area contributed by atoms with Gasteiger partial charge < -0.3 is 14.7 Å². The van der Waals surface area contributed by atoms with Crippen molar-refractivity contribution in [3.63, 3.8) is 0 Å². The molecule has 1 rings (SSSR count). The van der Waals surface area contributed by atoms with E-state index in [-0.39, 0.29) is 19.2 Å². The highest BCUT2D eigenvalue weighted by Gasteiger charge is 2.38.